The quantitative estimate of drug-likeness (QED) is 0.509. The monoisotopic (exact) mass is 204 g/mol. The van der Waals surface area contributed by atoms with Gasteiger partial charge in [0.1, 0.15) is 0 Å². The standard InChI is InChI=1S/C9H20N2O3/c1-3-4-8(10)9(13)11-5-7(12)6-14-2/h7-8,12H,3-6,10H2,1-2H3,(H,11,13)/t7?,8-/m1/s1. The average molecular weight is 204 g/mol. The van der Waals surface area contributed by atoms with Crippen molar-refractivity contribution in [3.63, 3.8) is 0 Å². The Morgan fingerprint density at radius 3 is 2.79 bits per heavy atom. The maximum atomic E-state index is 11.3. The number of carbonyl (C=O) groups excluding carboxylic acids is 1. The number of amides is 1. The normalized spacial score (nSPS) is 14.9. The zero-order chi connectivity index (χ0) is 11.0. The number of nitrogens with two attached hydrogens (primary N) is 1. The zero-order valence-electron chi connectivity index (χ0n) is 8.82. The Balaban J connectivity index is 3.61. The van der Waals surface area contributed by atoms with Crippen molar-refractivity contribution < 1.29 is 14.6 Å². The number of aliphatic hydroxyl groups is 1. The molecule has 2 atom stereocenters. The van der Waals surface area contributed by atoms with Crippen LogP contribution in [0.15, 0.2) is 0 Å². The molecule has 0 radical (unpaired) electrons. The fraction of sp³-hybridized carbons (Fsp3) is 0.889. The molecule has 1 amide bonds. The van der Waals surface area contributed by atoms with Crippen LogP contribution in [0, 0.1) is 0 Å². The first kappa shape index (κ1) is 13.4. The summed E-state index contributed by atoms with van der Waals surface area (Å²) in [5, 5.41) is 11.8. The van der Waals surface area contributed by atoms with E-state index in [4.69, 9.17) is 10.5 Å². The van der Waals surface area contributed by atoms with Gasteiger partial charge in [-0.05, 0) is 6.42 Å². The molecule has 0 aromatic heterocycles. The average Bonchev–Trinajstić information content (AvgIpc) is 2.15. The van der Waals surface area contributed by atoms with Gasteiger partial charge in [-0.1, -0.05) is 13.3 Å². The summed E-state index contributed by atoms with van der Waals surface area (Å²) >= 11 is 0. The first-order valence-electron chi connectivity index (χ1n) is 4.82. The van der Waals surface area contributed by atoms with Gasteiger partial charge in [0.2, 0.25) is 5.91 Å². The minimum absolute atomic E-state index is 0.185. The lowest BCUT2D eigenvalue weighted by molar-refractivity contribution is -0.123. The third-order valence-corrected chi connectivity index (χ3v) is 1.81. The van der Waals surface area contributed by atoms with Crippen molar-refractivity contribution in [2.24, 2.45) is 5.73 Å². The minimum Gasteiger partial charge on any atom is -0.389 e. The van der Waals surface area contributed by atoms with Gasteiger partial charge in [-0.2, -0.15) is 0 Å². The lowest BCUT2D eigenvalue weighted by Crippen LogP contribution is -2.44. The van der Waals surface area contributed by atoms with Crippen molar-refractivity contribution in [3.8, 4) is 0 Å². The van der Waals surface area contributed by atoms with Crippen LogP contribution in [0.25, 0.3) is 0 Å². The number of methoxy groups -OCH3 is 1. The van der Waals surface area contributed by atoms with E-state index < -0.39 is 12.1 Å². The van der Waals surface area contributed by atoms with Crippen LogP contribution in [0.2, 0.25) is 0 Å². The van der Waals surface area contributed by atoms with E-state index in [1.165, 1.54) is 7.11 Å². The number of hydrogen-bond donors (Lipinski definition) is 3. The molecule has 5 heteroatoms. The van der Waals surface area contributed by atoms with Crippen LogP contribution in [-0.2, 0) is 9.53 Å². The van der Waals surface area contributed by atoms with E-state index in [9.17, 15) is 9.90 Å². The molecule has 14 heavy (non-hydrogen) atoms. The largest absolute Gasteiger partial charge is 0.389 e. The third kappa shape index (κ3) is 5.90. The van der Waals surface area contributed by atoms with Crippen molar-refractivity contribution >= 4 is 5.91 Å². The van der Waals surface area contributed by atoms with Crippen LogP contribution < -0.4 is 11.1 Å². The molecule has 0 aromatic rings. The fourth-order valence-electron chi connectivity index (χ4n) is 1.04. The second-order valence-electron chi connectivity index (χ2n) is 3.25. The molecule has 5 nitrogen and oxygen atoms in total. The highest BCUT2D eigenvalue weighted by molar-refractivity contribution is 5.81. The molecule has 0 spiro atoms. The lowest BCUT2D eigenvalue weighted by Gasteiger charge is -2.14. The molecular weight excluding hydrogens is 184 g/mol. The number of hydrogen-bond acceptors (Lipinski definition) is 4. The van der Waals surface area contributed by atoms with E-state index in [-0.39, 0.29) is 19.1 Å². The fourth-order valence-corrected chi connectivity index (χ4v) is 1.04. The molecule has 4 N–H and O–H groups in total. The summed E-state index contributed by atoms with van der Waals surface area (Å²) in [6.07, 6.45) is 0.860. The van der Waals surface area contributed by atoms with Gasteiger partial charge in [0.25, 0.3) is 0 Å². The molecule has 0 aliphatic heterocycles. The van der Waals surface area contributed by atoms with Gasteiger partial charge in [-0.15, -0.1) is 0 Å². The first-order chi connectivity index (χ1) is 6.61. The van der Waals surface area contributed by atoms with Gasteiger partial charge in [0, 0.05) is 13.7 Å². The second-order valence-corrected chi connectivity index (χ2v) is 3.25. The van der Waals surface area contributed by atoms with Gasteiger partial charge in [-0.3, -0.25) is 4.79 Å². The number of carbonyl (C=O) groups is 1. The first-order valence-corrected chi connectivity index (χ1v) is 4.82. The van der Waals surface area contributed by atoms with Gasteiger partial charge >= 0.3 is 0 Å². The molecule has 1 unspecified atom stereocenters. The van der Waals surface area contributed by atoms with E-state index in [0.29, 0.717) is 6.42 Å². The predicted molar refractivity (Wildman–Crippen MR) is 53.8 cm³/mol. The summed E-state index contributed by atoms with van der Waals surface area (Å²) in [7, 11) is 1.49. The summed E-state index contributed by atoms with van der Waals surface area (Å²) in [5.41, 5.74) is 5.56. The van der Waals surface area contributed by atoms with Crippen LogP contribution in [-0.4, -0.2) is 43.4 Å². The highest BCUT2D eigenvalue weighted by Crippen LogP contribution is 1.93. The highest BCUT2D eigenvalue weighted by atomic mass is 16.5. The lowest BCUT2D eigenvalue weighted by atomic mass is 10.1. The van der Waals surface area contributed by atoms with Gasteiger partial charge in [-0.25, -0.2) is 0 Å². The Labute approximate surface area is 84.6 Å². The maximum absolute atomic E-state index is 11.3. The molecule has 0 bridgehead atoms. The molecule has 0 aromatic carbocycles. The number of nitrogens with one attached hydrogen (secondary N) is 1. The summed E-state index contributed by atoms with van der Waals surface area (Å²) in [6.45, 7) is 2.36. The Morgan fingerprint density at radius 2 is 2.29 bits per heavy atom. The minimum atomic E-state index is -0.669. The van der Waals surface area contributed by atoms with E-state index in [1.54, 1.807) is 0 Å². The molecule has 0 fully saturated rings. The van der Waals surface area contributed by atoms with Gasteiger partial charge in [0.15, 0.2) is 0 Å². The van der Waals surface area contributed by atoms with Crippen molar-refractivity contribution in [3.05, 3.63) is 0 Å². The summed E-state index contributed by atoms with van der Waals surface area (Å²) in [5.74, 6) is -0.220. The molecule has 0 saturated carbocycles. The number of aliphatic hydroxyl groups excluding tert-OH is 1. The zero-order valence-corrected chi connectivity index (χ0v) is 8.82. The van der Waals surface area contributed by atoms with Gasteiger partial charge < -0.3 is 20.9 Å². The van der Waals surface area contributed by atoms with Crippen LogP contribution in [0.3, 0.4) is 0 Å². The molecule has 0 saturated heterocycles. The van der Waals surface area contributed by atoms with Gasteiger partial charge in [0.05, 0.1) is 18.8 Å². The summed E-state index contributed by atoms with van der Waals surface area (Å²) < 4.78 is 4.71. The number of rotatable bonds is 7. The predicted octanol–water partition coefficient (Wildman–Crippen LogP) is -0.763. The maximum Gasteiger partial charge on any atom is 0.237 e. The molecular formula is C9H20N2O3. The second kappa shape index (κ2) is 7.73. The van der Waals surface area contributed by atoms with E-state index in [0.717, 1.165) is 6.42 Å². The molecule has 0 aliphatic carbocycles. The summed E-state index contributed by atoms with van der Waals surface area (Å²) in [4.78, 5) is 11.3. The van der Waals surface area contributed by atoms with E-state index in [1.807, 2.05) is 6.92 Å². The molecule has 84 valence electrons. The molecule has 0 heterocycles. The molecule has 0 aliphatic rings. The number of ether oxygens (including phenoxy) is 1. The molecule has 0 rings (SSSR count). The van der Waals surface area contributed by atoms with Crippen molar-refractivity contribution in [1.82, 2.24) is 5.32 Å². The Hall–Kier alpha value is -0.650. The van der Waals surface area contributed by atoms with Crippen LogP contribution in [0.1, 0.15) is 19.8 Å². The Bertz CT molecular complexity index is 164. The summed E-state index contributed by atoms with van der Waals surface area (Å²) in [6, 6.07) is -0.477. The SMILES string of the molecule is CCC[C@@H](N)C(=O)NCC(O)COC. The topological polar surface area (TPSA) is 84.6 Å². The van der Waals surface area contributed by atoms with Crippen LogP contribution in [0.4, 0.5) is 0 Å². The Kier molecular flexibility index (Phi) is 7.37. The van der Waals surface area contributed by atoms with Crippen LogP contribution in [0.5, 0.6) is 0 Å². The van der Waals surface area contributed by atoms with Crippen LogP contribution >= 0.6 is 0 Å². The van der Waals surface area contributed by atoms with Crippen molar-refractivity contribution in [1.29, 1.82) is 0 Å². The van der Waals surface area contributed by atoms with Crippen molar-refractivity contribution in [2.45, 2.75) is 31.9 Å². The third-order valence-electron chi connectivity index (χ3n) is 1.81. The van der Waals surface area contributed by atoms with Crippen molar-refractivity contribution in [2.75, 3.05) is 20.3 Å². The highest BCUT2D eigenvalue weighted by Gasteiger charge is 2.13. The van der Waals surface area contributed by atoms with E-state index >= 15 is 0 Å². The smallest absolute Gasteiger partial charge is 0.237 e. The van der Waals surface area contributed by atoms with E-state index in [2.05, 4.69) is 5.32 Å². The Morgan fingerprint density at radius 1 is 1.64 bits per heavy atom.